The number of nitrogens with one attached hydrogen (secondary N) is 1. The van der Waals surface area contributed by atoms with E-state index in [0.29, 0.717) is 0 Å². The van der Waals surface area contributed by atoms with Crippen molar-refractivity contribution < 1.29 is 14.3 Å². The molecule has 0 aliphatic heterocycles. The highest BCUT2D eigenvalue weighted by molar-refractivity contribution is 9.13. The third kappa shape index (κ3) is 3.99. The number of carbonyl (C=O) groups is 1. The zero-order chi connectivity index (χ0) is 15.4. The molecule has 2 aromatic rings. The number of rotatable bonds is 5. The van der Waals surface area contributed by atoms with Crippen LogP contribution in [0.4, 0.5) is 5.69 Å². The Balaban J connectivity index is 2.30. The lowest BCUT2D eigenvalue weighted by molar-refractivity contribution is -0.141. The van der Waals surface area contributed by atoms with Crippen LogP contribution in [0.3, 0.4) is 0 Å². The Bertz CT molecular complexity index is 625. The molecule has 0 saturated carbocycles. The van der Waals surface area contributed by atoms with Gasteiger partial charge in [0, 0.05) is 21.1 Å². The molecule has 0 radical (unpaired) electrons. The molecule has 0 aliphatic rings. The minimum absolute atomic E-state index is 0.348. The summed E-state index contributed by atoms with van der Waals surface area (Å²) in [5.41, 5.74) is 0.783. The van der Waals surface area contributed by atoms with Crippen molar-refractivity contribution in [1.29, 1.82) is 0 Å². The SMILES string of the molecule is COC(=O)C(Nc1cccc(OC)c1)c1cc(Br)c(Br)s1. The molecule has 1 N–H and O–H groups in total. The van der Waals surface area contributed by atoms with Gasteiger partial charge >= 0.3 is 5.97 Å². The Morgan fingerprint density at radius 3 is 2.62 bits per heavy atom. The third-order valence-corrected chi connectivity index (χ3v) is 6.09. The Morgan fingerprint density at radius 2 is 2.05 bits per heavy atom. The molecular weight excluding hydrogens is 422 g/mol. The van der Waals surface area contributed by atoms with Crippen LogP contribution in [0.15, 0.2) is 38.6 Å². The quantitative estimate of drug-likeness (QED) is 0.698. The normalized spacial score (nSPS) is 11.8. The molecule has 0 fully saturated rings. The first-order valence-electron chi connectivity index (χ1n) is 5.98. The van der Waals surface area contributed by atoms with E-state index in [0.717, 1.165) is 24.6 Å². The minimum Gasteiger partial charge on any atom is -0.497 e. The lowest BCUT2D eigenvalue weighted by Crippen LogP contribution is -2.21. The number of halogens is 2. The monoisotopic (exact) mass is 433 g/mol. The summed E-state index contributed by atoms with van der Waals surface area (Å²) in [6.07, 6.45) is 0. The molecule has 112 valence electrons. The smallest absolute Gasteiger partial charge is 0.333 e. The number of esters is 1. The number of anilines is 1. The fraction of sp³-hybridized carbons (Fsp3) is 0.214. The highest BCUT2D eigenvalue weighted by atomic mass is 79.9. The second-order valence-electron chi connectivity index (χ2n) is 4.10. The van der Waals surface area contributed by atoms with Gasteiger partial charge in [0.25, 0.3) is 0 Å². The largest absolute Gasteiger partial charge is 0.497 e. The van der Waals surface area contributed by atoms with E-state index < -0.39 is 6.04 Å². The molecule has 0 amide bonds. The van der Waals surface area contributed by atoms with Crippen LogP contribution in [-0.4, -0.2) is 20.2 Å². The Hall–Kier alpha value is -1.05. The summed E-state index contributed by atoms with van der Waals surface area (Å²) < 4.78 is 11.9. The van der Waals surface area contributed by atoms with Gasteiger partial charge in [-0.2, -0.15) is 0 Å². The number of thiophene rings is 1. The molecule has 0 aliphatic carbocycles. The first-order valence-corrected chi connectivity index (χ1v) is 8.38. The first-order chi connectivity index (χ1) is 10.0. The van der Waals surface area contributed by atoms with Gasteiger partial charge in [-0.15, -0.1) is 11.3 Å². The summed E-state index contributed by atoms with van der Waals surface area (Å²) in [6, 6.07) is 8.72. The molecular formula is C14H13Br2NO3S. The van der Waals surface area contributed by atoms with Gasteiger partial charge in [-0.3, -0.25) is 0 Å². The third-order valence-electron chi connectivity index (χ3n) is 2.77. The van der Waals surface area contributed by atoms with Gasteiger partial charge in [0.1, 0.15) is 5.75 Å². The topological polar surface area (TPSA) is 47.6 Å². The van der Waals surface area contributed by atoms with Gasteiger partial charge < -0.3 is 14.8 Å². The predicted octanol–water partition coefficient (Wildman–Crippen LogP) is 4.61. The van der Waals surface area contributed by atoms with Crippen molar-refractivity contribution in [2.24, 2.45) is 0 Å². The summed E-state index contributed by atoms with van der Waals surface area (Å²) >= 11 is 8.33. The van der Waals surface area contributed by atoms with Crippen LogP contribution in [0.25, 0.3) is 0 Å². The maximum Gasteiger partial charge on any atom is 0.333 e. The highest BCUT2D eigenvalue weighted by Crippen LogP contribution is 2.37. The van der Waals surface area contributed by atoms with Gasteiger partial charge in [0.15, 0.2) is 6.04 Å². The summed E-state index contributed by atoms with van der Waals surface area (Å²) in [4.78, 5) is 12.9. The van der Waals surface area contributed by atoms with Crippen molar-refractivity contribution in [3.63, 3.8) is 0 Å². The minimum atomic E-state index is -0.574. The number of hydrogen-bond donors (Lipinski definition) is 1. The van der Waals surface area contributed by atoms with Crippen LogP contribution in [0.1, 0.15) is 10.9 Å². The van der Waals surface area contributed by atoms with Crippen molar-refractivity contribution in [3.05, 3.63) is 43.5 Å². The van der Waals surface area contributed by atoms with Crippen LogP contribution < -0.4 is 10.1 Å². The van der Waals surface area contributed by atoms with Crippen LogP contribution >= 0.6 is 43.2 Å². The molecule has 0 spiro atoms. The van der Waals surface area contributed by atoms with Gasteiger partial charge in [-0.25, -0.2) is 4.79 Å². The fourth-order valence-electron chi connectivity index (χ4n) is 1.75. The molecule has 4 nitrogen and oxygen atoms in total. The van der Waals surface area contributed by atoms with Gasteiger partial charge in [-0.05, 0) is 50.1 Å². The van der Waals surface area contributed by atoms with E-state index in [4.69, 9.17) is 9.47 Å². The van der Waals surface area contributed by atoms with Gasteiger partial charge in [-0.1, -0.05) is 6.07 Å². The molecule has 0 saturated heterocycles. The number of ether oxygens (including phenoxy) is 2. The average molecular weight is 435 g/mol. The summed E-state index contributed by atoms with van der Waals surface area (Å²) in [6.45, 7) is 0. The Morgan fingerprint density at radius 1 is 1.29 bits per heavy atom. The lowest BCUT2D eigenvalue weighted by atomic mass is 10.2. The van der Waals surface area contributed by atoms with Crippen LogP contribution in [-0.2, 0) is 9.53 Å². The maximum atomic E-state index is 12.1. The average Bonchev–Trinajstić information content (AvgIpc) is 2.83. The molecule has 1 unspecified atom stereocenters. The van der Waals surface area contributed by atoms with Crippen LogP contribution in [0.2, 0.25) is 0 Å². The van der Waals surface area contributed by atoms with Gasteiger partial charge in [0.2, 0.25) is 0 Å². The molecule has 1 aromatic heterocycles. The number of methoxy groups -OCH3 is 2. The summed E-state index contributed by atoms with van der Waals surface area (Å²) in [5.74, 6) is 0.372. The number of benzene rings is 1. The van der Waals surface area contributed by atoms with Crippen molar-refractivity contribution in [2.45, 2.75) is 6.04 Å². The standard InChI is InChI=1S/C14H13Br2NO3S/c1-19-9-5-3-4-8(6-9)17-12(14(18)20-2)11-7-10(15)13(16)21-11/h3-7,12,17H,1-2H3. The van der Waals surface area contributed by atoms with E-state index in [2.05, 4.69) is 37.2 Å². The highest BCUT2D eigenvalue weighted by Gasteiger charge is 2.24. The van der Waals surface area contributed by atoms with Crippen LogP contribution in [0, 0.1) is 0 Å². The zero-order valence-corrected chi connectivity index (χ0v) is 15.3. The van der Waals surface area contributed by atoms with Crippen molar-refractivity contribution in [2.75, 3.05) is 19.5 Å². The molecule has 21 heavy (non-hydrogen) atoms. The van der Waals surface area contributed by atoms with E-state index in [-0.39, 0.29) is 5.97 Å². The van der Waals surface area contributed by atoms with E-state index in [1.165, 1.54) is 18.4 Å². The number of hydrogen-bond acceptors (Lipinski definition) is 5. The van der Waals surface area contributed by atoms with Crippen molar-refractivity contribution in [1.82, 2.24) is 0 Å². The first kappa shape index (κ1) is 16.3. The van der Waals surface area contributed by atoms with Crippen molar-refractivity contribution >= 4 is 54.9 Å². The Labute approximate surface area is 143 Å². The number of carbonyl (C=O) groups excluding carboxylic acids is 1. The molecule has 1 heterocycles. The van der Waals surface area contributed by atoms with Crippen LogP contribution in [0.5, 0.6) is 5.75 Å². The fourth-order valence-corrected chi connectivity index (χ4v) is 3.88. The van der Waals surface area contributed by atoms with Gasteiger partial charge in [0.05, 0.1) is 18.0 Å². The molecule has 1 atom stereocenters. The second kappa shape index (κ2) is 7.29. The predicted molar refractivity (Wildman–Crippen MR) is 91.1 cm³/mol. The summed E-state index contributed by atoms with van der Waals surface area (Å²) in [7, 11) is 2.98. The Kier molecular flexibility index (Phi) is 5.66. The maximum absolute atomic E-state index is 12.1. The van der Waals surface area contributed by atoms with Crippen molar-refractivity contribution in [3.8, 4) is 5.75 Å². The zero-order valence-electron chi connectivity index (χ0n) is 11.4. The molecule has 1 aromatic carbocycles. The molecule has 2 rings (SSSR count). The lowest BCUT2D eigenvalue weighted by Gasteiger charge is -2.16. The molecule has 7 heteroatoms. The van der Waals surface area contributed by atoms with E-state index >= 15 is 0 Å². The van der Waals surface area contributed by atoms with E-state index in [9.17, 15) is 4.79 Å². The second-order valence-corrected chi connectivity index (χ2v) is 7.36. The molecule has 0 bridgehead atoms. The van der Waals surface area contributed by atoms with E-state index in [1.54, 1.807) is 7.11 Å². The summed E-state index contributed by atoms with van der Waals surface area (Å²) in [5, 5.41) is 3.18. The van der Waals surface area contributed by atoms with E-state index in [1.807, 2.05) is 30.3 Å².